The van der Waals surface area contributed by atoms with Crippen LogP contribution >= 0.6 is 12.2 Å². The van der Waals surface area contributed by atoms with Crippen molar-refractivity contribution in [3.8, 4) is 0 Å². The van der Waals surface area contributed by atoms with Crippen LogP contribution in [0.3, 0.4) is 0 Å². The molecule has 2 amide bonds. The van der Waals surface area contributed by atoms with E-state index in [1.807, 2.05) is 25.7 Å². The normalized spacial score (nSPS) is 15.6. The van der Waals surface area contributed by atoms with Gasteiger partial charge in [-0.2, -0.15) is 0 Å². The molecule has 1 aromatic rings. The van der Waals surface area contributed by atoms with Crippen molar-refractivity contribution in [3.63, 3.8) is 0 Å². The Morgan fingerprint density at radius 1 is 1.12 bits per heavy atom. The molecule has 0 spiro atoms. The van der Waals surface area contributed by atoms with Gasteiger partial charge in [-0.25, -0.2) is 0 Å². The van der Waals surface area contributed by atoms with Crippen LogP contribution in [0.25, 0.3) is 0 Å². The third-order valence-electron chi connectivity index (χ3n) is 4.37. The Balaban J connectivity index is 1.92. The molecule has 0 aromatic heterocycles. The molecule has 25 heavy (non-hydrogen) atoms. The van der Waals surface area contributed by atoms with Crippen LogP contribution in [0.1, 0.15) is 50.9 Å². The van der Waals surface area contributed by atoms with E-state index in [0.717, 1.165) is 31.6 Å². The minimum absolute atomic E-state index is 0.0714. The fourth-order valence-corrected chi connectivity index (χ4v) is 2.75. The van der Waals surface area contributed by atoms with Gasteiger partial charge in [-0.15, -0.1) is 0 Å². The van der Waals surface area contributed by atoms with Crippen LogP contribution in [0.15, 0.2) is 24.3 Å². The van der Waals surface area contributed by atoms with Crippen molar-refractivity contribution in [2.45, 2.75) is 40.5 Å². The molecular formula is C19H27N3O2S. The van der Waals surface area contributed by atoms with Crippen molar-refractivity contribution < 1.29 is 9.59 Å². The molecule has 0 unspecified atom stereocenters. The Bertz CT molecular complexity index is 642. The summed E-state index contributed by atoms with van der Waals surface area (Å²) in [6, 6.07) is 7.18. The highest BCUT2D eigenvalue weighted by Gasteiger charge is 2.23. The number of hydrogen-bond donors (Lipinski definition) is 2. The summed E-state index contributed by atoms with van der Waals surface area (Å²) in [4.78, 5) is 26.3. The smallest absolute Gasteiger partial charge is 0.253 e. The second-order valence-corrected chi connectivity index (χ2v) is 8.12. The summed E-state index contributed by atoms with van der Waals surface area (Å²) in [6.07, 6.45) is 2.13. The molecule has 5 nitrogen and oxygen atoms in total. The lowest BCUT2D eigenvalue weighted by Gasteiger charge is -2.30. The molecule has 136 valence electrons. The standard InChI is InChI=1S/C19H27N3O2S/c1-13-9-11-22(12-10-13)16(23)14-5-7-15(8-6-14)20-18(25)21-17(24)19(2,3)4/h5-8,13H,9-12H2,1-4H3,(H2,20,21,24,25). The van der Waals surface area contributed by atoms with E-state index in [1.54, 1.807) is 24.3 Å². The number of anilines is 1. The van der Waals surface area contributed by atoms with E-state index in [4.69, 9.17) is 12.2 Å². The monoisotopic (exact) mass is 361 g/mol. The van der Waals surface area contributed by atoms with Crippen LogP contribution in [0.2, 0.25) is 0 Å². The zero-order valence-corrected chi connectivity index (χ0v) is 16.2. The summed E-state index contributed by atoms with van der Waals surface area (Å²) in [7, 11) is 0. The first-order chi connectivity index (χ1) is 11.7. The largest absolute Gasteiger partial charge is 0.339 e. The Morgan fingerprint density at radius 3 is 2.20 bits per heavy atom. The first kappa shape index (κ1) is 19.4. The second kappa shape index (κ2) is 7.95. The van der Waals surface area contributed by atoms with E-state index in [9.17, 15) is 9.59 Å². The lowest BCUT2D eigenvalue weighted by Crippen LogP contribution is -2.41. The quantitative estimate of drug-likeness (QED) is 0.793. The average molecular weight is 362 g/mol. The maximum atomic E-state index is 12.5. The lowest BCUT2D eigenvalue weighted by molar-refractivity contribution is -0.126. The zero-order valence-electron chi connectivity index (χ0n) is 15.4. The number of thiocarbonyl (C=S) groups is 1. The highest BCUT2D eigenvalue weighted by Crippen LogP contribution is 2.19. The molecular weight excluding hydrogens is 334 g/mol. The molecule has 6 heteroatoms. The Labute approximate surface area is 155 Å². The maximum absolute atomic E-state index is 12.5. The Morgan fingerprint density at radius 2 is 1.68 bits per heavy atom. The van der Waals surface area contributed by atoms with E-state index in [1.165, 1.54) is 0 Å². The van der Waals surface area contributed by atoms with E-state index >= 15 is 0 Å². The van der Waals surface area contributed by atoms with Crippen LogP contribution in [-0.4, -0.2) is 34.9 Å². The maximum Gasteiger partial charge on any atom is 0.253 e. The topological polar surface area (TPSA) is 61.4 Å². The molecule has 0 atom stereocenters. The van der Waals surface area contributed by atoms with Crippen molar-refractivity contribution in [2.75, 3.05) is 18.4 Å². The Hall–Kier alpha value is -1.95. The average Bonchev–Trinajstić information content (AvgIpc) is 2.54. The van der Waals surface area contributed by atoms with Gasteiger partial charge in [0.05, 0.1) is 0 Å². The van der Waals surface area contributed by atoms with Crippen LogP contribution in [0.4, 0.5) is 5.69 Å². The van der Waals surface area contributed by atoms with Gasteiger partial charge in [0.2, 0.25) is 5.91 Å². The molecule has 2 N–H and O–H groups in total. The number of hydrogen-bond acceptors (Lipinski definition) is 3. The highest BCUT2D eigenvalue weighted by atomic mass is 32.1. The molecule has 0 bridgehead atoms. The van der Waals surface area contributed by atoms with Gasteiger partial charge in [0.1, 0.15) is 0 Å². The molecule has 1 aromatic carbocycles. The summed E-state index contributed by atoms with van der Waals surface area (Å²) in [5.74, 6) is 0.623. The van der Waals surface area contributed by atoms with Crippen LogP contribution in [-0.2, 0) is 4.79 Å². The number of nitrogens with zero attached hydrogens (tertiary/aromatic N) is 1. The number of amides is 2. The minimum atomic E-state index is -0.506. The number of rotatable bonds is 2. The van der Waals surface area contributed by atoms with Gasteiger partial charge in [-0.1, -0.05) is 27.7 Å². The molecule has 0 aliphatic carbocycles. The number of carbonyl (C=O) groups is 2. The van der Waals surface area contributed by atoms with Crippen molar-refractivity contribution in [1.82, 2.24) is 10.2 Å². The van der Waals surface area contributed by atoms with Gasteiger partial charge in [-0.05, 0) is 55.2 Å². The molecule has 0 radical (unpaired) electrons. The van der Waals surface area contributed by atoms with E-state index in [2.05, 4.69) is 17.6 Å². The fourth-order valence-electron chi connectivity index (χ4n) is 2.54. The van der Waals surface area contributed by atoms with Crippen LogP contribution < -0.4 is 10.6 Å². The van der Waals surface area contributed by atoms with Gasteiger partial charge in [0, 0.05) is 29.8 Å². The van der Waals surface area contributed by atoms with Gasteiger partial charge in [-0.3, -0.25) is 9.59 Å². The predicted octanol–water partition coefficient (Wildman–Crippen LogP) is 3.42. The summed E-state index contributed by atoms with van der Waals surface area (Å²) in [5, 5.41) is 5.89. The number of likely N-dealkylation sites (tertiary alicyclic amines) is 1. The summed E-state index contributed by atoms with van der Waals surface area (Å²) >= 11 is 5.16. The third kappa shape index (κ3) is 5.53. The summed E-state index contributed by atoms with van der Waals surface area (Å²) in [5.41, 5.74) is 0.904. The molecule has 1 saturated heterocycles. The molecule has 1 aliphatic heterocycles. The highest BCUT2D eigenvalue weighted by molar-refractivity contribution is 7.80. The fraction of sp³-hybridized carbons (Fsp3) is 0.526. The zero-order chi connectivity index (χ0) is 18.6. The molecule has 1 heterocycles. The van der Waals surface area contributed by atoms with Crippen molar-refractivity contribution in [3.05, 3.63) is 29.8 Å². The SMILES string of the molecule is CC1CCN(C(=O)c2ccc(NC(=S)NC(=O)C(C)(C)C)cc2)CC1. The molecule has 2 rings (SSSR count). The van der Waals surface area contributed by atoms with Crippen LogP contribution in [0, 0.1) is 11.3 Å². The number of nitrogens with one attached hydrogen (secondary N) is 2. The number of carbonyl (C=O) groups excluding carboxylic acids is 2. The Kier molecular flexibility index (Phi) is 6.16. The van der Waals surface area contributed by atoms with Crippen LogP contribution in [0.5, 0.6) is 0 Å². The lowest BCUT2D eigenvalue weighted by atomic mass is 9.96. The van der Waals surface area contributed by atoms with Gasteiger partial charge in [0.25, 0.3) is 5.91 Å². The van der Waals surface area contributed by atoms with E-state index in [-0.39, 0.29) is 16.9 Å². The summed E-state index contributed by atoms with van der Waals surface area (Å²) < 4.78 is 0. The number of piperidine rings is 1. The predicted molar refractivity (Wildman–Crippen MR) is 105 cm³/mol. The van der Waals surface area contributed by atoms with Crippen molar-refractivity contribution in [1.29, 1.82) is 0 Å². The number of benzene rings is 1. The molecule has 0 saturated carbocycles. The second-order valence-electron chi connectivity index (χ2n) is 7.71. The van der Waals surface area contributed by atoms with Gasteiger partial charge < -0.3 is 15.5 Å². The first-order valence-corrected chi connectivity index (χ1v) is 9.09. The van der Waals surface area contributed by atoms with Gasteiger partial charge in [0.15, 0.2) is 5.11 Å². The van der Waals surface area contributed by atoms with E-state index in [0.29, 0.717) is 11.5 Å². The first-order valence-electron chi connectivity index (χ1n) is 8.68. The van der Waals surface area contributed by atoms with E-state index < -0.39 is 5.41 Å². The molecule has 1 fully saturated rings. The summed E-state index contributed by atoms with van der Waals surface area (Å²) in [6.45, 7) is 9.35. The van der Waals surface area contributed by atoms with Crippen molar-refractivity contribution in [2.24, 2.45) is 11.3 Å². The minimum Gasteiger partial charge on any atom is -0.339 e. The van der Waals surface area contributed by atoms with Gasteiger partial charge >= 0.3 is 0 Å². The van der Waals surface area contributed by atoms with Crippen molar-refractivity contribution >= 4 is 34.8 Å². The third-order valence-corrected chi connectivity index (χ3v) is 4.57. The molecule has 1 aliphatic rings.